The molecule has 248 valence electrons. The largest absolute Gasteiger partial charge is 0.441 e. The molecular formula is C46H32N4O2. The van der Waals surface area contributed by atoms with Crippen molar-refractivity contribution in [1.29, 1.82) is 0 Å². The number of hydrogen-bond acceptors (Lipinski definition) is 6. The van der Waals surface area contributed by atoms with E-state index >= 15 is 0 Å². The van der Waals surface area contributed by atoms with Crippen molar-refractivity contribution in [3.05, 3.63) is 169 Å². The fourth-order valence-corrected chi connectivity index (χ4v) is 7.09. The van der Waals surface area contributed by atoms with E-state index in [0.717, 1.165) is 86.9 Å². The second-order valence-corrected chi connectivity index (χ2v) is 13.3. The van der Waals surface area contributed by atoms with Crippen LogP contribution >= 0.6 is 0 Å². The lowest BCUT2D eigenvalue weighted by molar-refractivity contribution is 0.516. The highest BCUT2D eigenvalue weighted by Crippen LogP contribution is 2.35. The first-order valence-corrected chi connectivity index (χ1v) is 17.7. The Morgan fingerprint density at radius 1 is 0.558 bits per heavy atom. The van der Waals surface area contributed by atoms with E-state index in [0.29, 0.717) is 11.8 Å². The minimum atomic E-state index is -0.00494. The number of allylic oxidation sites excluding steroid dienone is 5. The molecule has 1 atom stereocenters. The summed E-state index contributed by atoms with van der Waals surface area (Å²) >= 11 is 0. The Labute approximate surface area is 300 Å². The molecule has 3 heterocycles. The van der Waals surface area contributed by atoms with Gasteiger partial charge in [0.05, 0.1) is 11.4 Å². The molecule has 0 radical (unpaired) electrons. The third kappa shape index (κ3) is 5.64. The Balaban J connectivity index is 0.990. The quantitative estimate of drug-likeness (QED) is 0.175. The highest BCUT2D eigenvalue weighted by atomic mass is 16.4. The van der Waals surface area contributed by atoms with Crippen molar-refractivity contribution in [3.63, 3.8) is 0 Å². The zero-order valence-corrected chi connectivity index (χ0v) is 28.2. The molecule has 2 aliphatic rings. The fraction of sp³-hybridized carbons (Fsp3) is 0.0870. The van der Waals surface area contributed by atoms with Crippen LogP contribution in [0.4, 0.5) is 0 Å². The Bertz CT molecular complexity index is 2680. The first-order chi connectivity index (χ1) is 25.7. The van der Waals surface area contributed by atoms with E-state index in [4.69, 9.17) is 28.8 Å². The summed E-state index contributed by atoms with van der Waals surface area (Å²) in [4.78, 5) is 19.8. The molecule has 6 heteroatoms. The number of oxazole rings is 2. The predicted octanol–water partition coefficient (Wildman–Crippen LogP) is 11.5. The predicted molar refractivity (Wildman–Crippen MR) is 207 cm³/mol. The fourth-order valence-electron chi connectivity index (χ4n) is 7.09. The van der Waals surface area contributed by atoms with Crippen molar-refractivity contribution >= 4 is 33.5 Å². The third-order valence-corrected chi connectivity index (χ3v) is 9.95. The Morgan fingerprint density at radius 3 is 2.02 bits per heavy atom. The van der Waals surface area contributed by atoms with Gasteiger partial charge in [0.1, 0.15) is 22.8 Å². The first kappa shape index (κ1) is 30.2. The molecule has 3 aromatic heterocycles. The van der Waals surface area contributed by atoms with Crippen LogP contribution in [-0.4, -0.2) is 19.9 Å². The molecule has 0 bridgehead atoms. The van der Waals surface area contributed by atoms with Crippen LogP contribution in [0, 0.1) is 0 Å². The number of aryl methyl sites for hydroxylation is 1. The number of hydrogen-bond donors (Lipinski definition) is 0. The molecule has 0 fully saturated rings. The average Bonchev–Trinajstić information content (AvgIpc) is 3.86. The van der Waals surface area contributed by atoms with Gasteiger partial charge in [-0.3, -0.25) is 0 Å². The van der Waals surface area contributed by atoms with Gasteiger partial charge in [-0.15, -0.1) is 0 Å². The van der Waals surface area contributed by atoms with E-state index in [-0.39, 0.29) is 5.92 Å². The van der Waals surface area contributed by atoms with Gasteiger partial charge in [-0.2, -0.15) is 0 Å². The number of para-hydroxylation sites is 2. The van der Waals surface area contributed by atoms with Gasteiger partial charge in [-0.25, -0.2) is 19.9 Å². The summed E-state index contributed by atoms with van der Waals surface area (Å²) in [6, 6.07) is 42.0. The maximum atomic E-state index is 6.12. The Kier molecular flexibility index (Phi) is 7.31. The second-order valence-electron chi connectivity index (χ2n) is 13.3. The van der Waals surface area contributed by atoms with Gasteiger partial charge in [0.2, 0.25) is 11.8 Å². The van der Waals surface area contributed by atoms with Crippen LogP contribution in [0.5, 0.6) is 0 Å². The van der Waals surface area contributed by atoms with Crippen molar-refractivity contribution in [2.75, 3.05) is 0 Å². The minimum Gasteiger partial charge on any atom is -0.441 e. The molecule has 0 spiro atoms. The van der Waals surface area contributed by atoms with Crippen LogP contribution < -0.4 is 0 Å². The molecule has 0 saturated heterocycles. The molecule has 0 aliphatic heterocycles. The Morgan fingerprint density at radius 2 is 1.27 bits per heavy atom. The summed E-state index contributed by atoms with van der Waals surface area (Å²) in [5.41, 5.74) is 10.6. The van der Waals surface area contributed by atoms with E-state index in [9.17, 15) is 0 Å². The van der Waals surface area contributed by atoms with Gasteiger partial charge >= 0.3 is 0 Å². The standard InChI is InChI=1S/C46H32N4O2/c1-2-8-36-27-37(26-15-29(36)7-1)30-13-16-31(17-14-30)40-28-41(32-18-22-34(23-19-32)45-49-38-9-3-5-11-42(38)51-45)48-44(47-40)33-20-24-35(25-21-33)46-50-39-10-4-6-12-43(39)52-46/h1-4,6-10,12-20,22-28,33H,5,11,21H2. The summed E-state index contributed by atoms with van der Waals surface area (Å²) < 4.78 is 12.2. The smallest absolute Gasteiger partial charge is 0.226 e. The van der Waals surface area contributed by atoms with Crippen LogP contribution in [0.15, 0.2) is 154 Å². The van der Waals surface area contributed by atoms with Crippen LogP contribution in [0.2, 0.25) is 0 Å². The molecule has 5 aromatic carbocycles. The van der Waals surface area contributed by atoms with Crippen LogP contribution in [0.1, 0.15) is 41.9 Å². The van der Waals surface area contributed by atoms with Crippen molar-refractivity contribution in [1.82, 2.24) is 19.9 Å². The van der Waals surface area contributed by atoms with Crippen LogP contribution in [0.25, 0.3) is 78.6 Å². The summed E-state index contributed by atoms with van der Waals surface area (Å²) in [6.07, 6.45) is 13.2. The SMILES string of the molecule is C1=Cc2nc(-c3ccc(-c4cc(-c5ccc(-c6ccc7ccccc7c6)cc5)nc(C5C=CC(c6nc7ccccc7o6)=CC5)n4)cc3)oc2CC1. The molecule has 0 amide bonds. The molecule has 10 rings (SSSR count). The van der Waals surface area contributed by atoms with E-state index in [1.165, 1.54) is 16.3 Å². The van der Waals surface area contributed by atoms with Crippen LogP contribution in [0.3, 0.4) is 0 Å². The lowest BCUT2D eigenvalue weighted by Gasteiger charge is -2.17. The number of fused-ring (bicyclic) bond motifs is 3. The second kappa shape index (κ2) is 12.6. The minimum absolute atomic E-state index is 0.00494. The third-order valence-electron chi connectivity index (χ3n) is 9.95. The maximum absolute atomic E-state index is 6.12. The van der Waals surface area contributed by atoms with Gasteiger partial charge in [-0.05, 0) is 77.2 Å². The van der Waals surface area contributed by atoms with Crippen molar-refractivity contribution < 1.29 is 8.83 Å². The van der Waals surface area contributed by atoms with Crippen LogP contribution in [-0.2, 0) is 6.42 Å². The molecular weight excluding hydrogens is 641 g/mol. The normalized spacial score (nSPS) is 15.2. The Hall–Kier alpha value is -6.66. The molecule has 0 N–H and O–H groups in total. The zero-order valence-electron chi connectivity index (χ0n) is 28.2. The van der Waals surface area contributed by atoms with E-state index in [1.807, 2.05) is 30.3 Å². The lowest BCUT2D eigenvalue weighted by Crippen LogP contribution is -2.06. The highest BCUT2D eigenvalue weighted by molar-refractivity contribution is 5.87. The number of aromatic nitrogens is 4. The van der Waals surface area contributed by atoms with Gasteiger partial charge < -0.3 is 8.83 Å². The molecule has 1 unspecified atom stereocenters. The van der Waals surface area contributed by atoms with Crippen molar-refractivity contribution in [3.8, 4) is 45.1 Å². The summed E-state index contributed by atoms with van der Waals surface area (Å²) in [7, 11) is 0. The summed E-state index contributed by atoms with van der Waals surface area (Å²) in [5.74, 6) is 2.99. The maximum Gasteiger partial charge on any atom is 0.226 e. The highest BCUT2D eigenvalue weighted by Gasteiger charge is 2.21. The van der Waals surface area contributed by atoms with Gasteiger partial charge in [-0.1, -0.05) is 109 Å². The molecule has 0 saturated carbocycles. The molecule has 52 heavy (non-hydrogen) atoms. The molecule has 8 aromatic rings. The average molecular weight is 673 g/mol. The monoisotopic (exact) mass is 672 g/mol. The first-order valence-electron chi connectivity index (χ1n) is 17.7. The molecule has 6 nitrogen and oxygen atoms in total. The van der Waals surface area contributed by atoms with Crippen molar-refractivity contribution in [2.45, 2.75) is 25.2 Å². The van der Waals surface area contributed by atoms with Gasteiger partial charge in [0.15, 0.2) is 5.58 Å². The van der Waals surface area contributed by atoms with Crippen molar-refractivity contribution in [2.24, 2.45) is 0 Å². The van der Waals surface area contributed by atoms with Gasteiger partial charge in [0, 0.05) is 34.6 Å². The summed E-state index contributed by atoms with van der Waals surface area (Å²) in [5, 5.41) is 2.47. The van der Waals surface area contributed by atoms with E-state index in [1.54, 1.807) is 0 Å². The summed E-state index contributed by atoms with van der Waals surface area (Å²) in [6.45, 7) is 0. The number of benzene rings is 5. The van der Waals surface area contributed by atoms with E-state index < -0.39 is 0 Å². The molecule has 2 aliphatic carbocycles. The lowest BCUT2D eigenvalue weighted by atomic mass is 9.95. The zero-order chi connectivity index (χ0) is 34.4. The van der Waals surface area contributed by atoms with Gasteiger partial charge in [0.25, 0.3) is 0 Å². The topological polar surface area (TPSA) is 77.8 Å². The number of rotatable bonds is 6. The number of nitrogens with zero attached hydrogens (tertiary/aromatic N) is 4. The van der Waals surface area contributed by atoms with E-state index in [2.05, 4.69) is 121 Å².